The van der Waals surface area contributed by atoms with E-state index in [9.17, 15) is 18.4 Å². The summed E-state index contributed by atoms with van der Waals surface area (Å²) in [6.07, 6.45) is 0.731. The van der Waals surface area contributed by atoms with E-state index in [1.165, 1.54) is 43.4 Å². The summed E-state index contributed by atoms with van der Waals surface area (Å²) in [5.74, 6) is -2.02. The zero-order valence-electron chi connectivity index (χ0n) is 16.6. The summed E-state index contributed by atoms with van der Waals surface area (Å²) < 4.78 is 32.8. The third-order valence-corrected chi connectivity index (χ3v) is 4.69. The Bertz CT molecular complexity index is 1030. The molecule has 0 atom stereocenters. The highest BCUT2D eigenvalue weighted by atomic mass is 19.1. The van der Waals surface area contributed by atoms with Crippen molar-refractivity contribution in [3.8, 4) is 5.75 Å². The maximum atomic E-state index is 14.4. The summed E-state index contributed by atoms with van der Waals surface area (Å²) in [7, 11) is 1.50. The molecule has 6 nitrogen and oxygen atoms in total. The van der Waals surface area contributed by atoms with E-state index in [-0.39, 0.29) is 17.3 Å². The highest BCUT2D eigenvalue weighted by Crippen LogP contribution is 2.47. The number of hydrogen-bond donors (Lipinski definition) is 2. The van der Waals surface area contributed by atoms with Crippen LogP contribution in [0.2, 0.25) is 0 Å². The van der Waals surface area contributed by atoms with Crippen LogP contribution in [0, 0.1) is 17.0 Å². The van der Waals surface area contributed by atoms with Crippen LogP contribution in [-0.2, 0) is 9.59 Å². The summed E-state index contributed by atoms with van der Waals surface area (Å²) in [6.45, 7) is 5.38. The van der Waals surface area contributed by atoms with Crippen LogP contribution in [0.5, 0.6) is 5.75 Å². The van der Waals surface area contributed by atoms with Gasteiger partial charge in [0.05, 0.1) is 0 Å². The summed E-state index contributed by atoms with van der Waals surface area (Å²) in [5, 5.41) is 5.19. The highest BCUT2D eigenvalue weighted by molar-refractivity contribution is 6.16. The summed E-state index contributed by atoms with van der Waals surface area (Å²) in [6, 6.07) is 9.18. The van der Waals surface area contributed by atoms with Gasteiger partial charge in [-0.2, -0.15) is 0 Å². The van der Waals surface area contributed by atoms with Crippen molar-refractivity contribution < 1.29 is 23.1 Å². The Balaban J connectivity index is 1.68. The maximum Gasteiger partial charge on any atom is 0.240 e. The molecule has 2 amide bonds. The predicted molar refractivity (Wildman–Crippen MR) is 111 cm³/mol. The van der Waals surface area contributed by atoms with Crippen LogP contribution in [-0.4, -0.2) is 24.8 Å². The van der Waals surface area contributed by atoms with E-state index >= 15 is 0 Å². The maximum absolute atomic E-state index is 14.4. The van der Waals surface area contributed by atoms with Gasteiger partial charge in [0, 0.05) is 30.1 Å². The van der Waals surface area contributed by atoms with Crippen molar-refractivity contribution in [1.29, 1.82) is 0 Å². The van der Waals surface area contributed by atoms with Gasteiger partial charge in [-0.25, -0.2) is 8.78 Å². The quantitative estimate of drug-likeness (QED) is 0.421. The Hall–Kier alpha value is -3.55. The molecule has 0 radical (unpaired) electrons. The molecule has 156 valence electrons. The summed E-state index contributed by atoms with van der Waals surface area (Å²) in [5.41, 5.74) is -0.116. The molecule has 2 aromatic carbocycles. The van der Waals surface area contributed by atoms with Gasteiger partial charge in [0.2, 0.25) is 17.7 Å². The number of anilines is 2. The SMILES string of the molecule is C=C(C)C(=NC)Oc1ccc(NC(=O)C2(C(=O)Nc3ccc(F)cc3)CC2)cc1F. The first kappa shape index (κ1) is 21.2. The lowest BCUT2D eigenvalue weighted by Crippen LogP contribution is -2.35. The third-order valence-electron chi connectivity index (χ3n) is 4.69. The minimum atomic E-state index is -1.23. The van der Waals surface area contributed by atoms with Crippen LogP contribution in [0.4, 0.5) is 20.2 Å². The van der Waals surface area contributed by atoms with Gasteiger partial charge in [0.15, 0.2) is 11.6 Å². The molecule has 0 saturated heterocycles. The molecule has 0 heterocycles. The fourth-order valence-electron chi connectivity index (χ4n) is 2.81. The Morgan fingerprint density at radius 2 is 1.60 bits per heavy atom. The van der Waals surface area contributed by atoms with Crippen molar-refractivity contribution >= 4 is 29.1 Å². The van der Waals surface area contributed by atoms with Crippen LogP contribution < -0.4 is 15.4 Å². The number of nitrogens with one attached hydrogen (secondary N) is 2. The smallest absolute Gasteiger partial charge is 0.240 e. The molecule has 0 spiro atoms. The van der Waals surface area contributed by atoms with Crippen molar-refractivity contribution in [2.75, 3.05) is 17.7 Å². The predicted octanol–water partition coefficient (Wildman–Crippen LogP) is 4.31. The van der Waals surface area contributed by atoms with E-state index in [0.717, 1.165) is 6.07 Å². The molecule has 2 N–H and O–H groups in total. The number of nitrogens with zero attached hydrogens (tertiary/aromatic N) is 1. The van der Waals surface area contributed by atoms with Gasteiger partial charge in [0.25, 0.3) is 0 Å². The van der Waals surface area contributed by atoms with E-state index < -0.39 is 28.9 Å². The van der Waals surface area contributed by atoms with Crippen molar-refractivity contribution in [3.05, 3.63) is 66.3 Å². The van der Waals surface area contributed by atoms with E-state index in [2.05, 4.69) is 22.2 Å². The molecule has 1 fully saturated rings. The first-order chi connectivity index (χ1) is 14.2. The monoisotopic (exact) mass is 413 g/mol. The molecule has 3 rings (SSSR count). The number of carbonyl (C=O) groups excluding carboxylic acids is 2. The molecule has 0 unspecified atom stereocenters. The number of hydrogen-bond acceptors (Lipinski definition) is 4. The van der Waals surface area contributed by atoms with Crippen molar-refractivity contribution in [2.24, 2.45) is 10.4 Å². The van der Waals surface area contributed by atoms with Gasteiger partial charge >= 0.3 is 0 Å². The van der Waals surface area contributed by atoms with Gasteiger partial charge < -0.3 is 15.4 Å². The fourth-order valence-corrected chi connectivity index (χ4v) is 2.81. The fraction of sp³-hybridized carbons (Fsp3) is 0.227. The molecule has 0 aromatic heterocycles. The van der Waals surface area contributed by atoms with Crippen LogP contribution in [0.3, 0.4) is 0 Å². The number of amides is 2. The van der Waals surface area contributed by atoms with Crippen LogP contribution in [0.25, 0.3) is 0 Å². The van der Waals surface area contributed by atoms with E-state index in [1.54, 1.807) is 6.92 Å². The zero-order chi connectivity index (χ0) is 21.9. The van der Waals surface area contributed by atoms with E-state index in [0.29, 0.717) is 24.1 Å². The molecule has 8 heteroatoms. The number of benzene rings is 2. The number of ether oxygens (including phenoxy) is 1. The van der Waals surface area contributed by atoms with Crippen LogP contribution >= 0.6 is 0 Å². The van der Waals surface area contributed by atoms with E-state index in [4.69, 9.17) is 4.74 Å². The molecule has 1 saturated carbocycles. The normalized spacial score (nSPS) is 14.6. The van der Waals surface area contributed by atoms with Crippen molar-refractivity contribution in [3.63, 3.8) is 0 Å². The first-order valence-electron chi connectivity index (χ1n) is 9.24. The second-order valence-corrected chi connectivity index (χ2v) is 7.05. The number of halogens is 2. The second-order valence-electron chi connectivity index (χ2n) is 7.05. The average Bonchev–Trinajstić information content (AvgIpc) is 3.51. The lowest BCUT2D eigenvalue weighted by atomic mass is 10.0. The lowest BCUT2D eigenvalue weighted by Gasteiger charge is -2.16. The number of carbonyl (C=O) groups is 2. The molecular formula is C22H21F2N3O3. The standard InChI is InChI=1S/C22H21F2N3O3/c1-13(2)19(25-3)30-18-9-8-16(12-17(18)24)27-21(29)22(10-11-22)20(28)26-15-6-4-14(23)5-7-15/h4-9,12H,1,10-11H2,2-3H3,(H,26,28)(H,27,29). The zero-order valence-corrected chi connectivity index (χ0v) is 16.6. The second kappa shape index (κ2) is 8.44. The Kier molecular flexibility index (Phi) is 5.96. The lowest BCUT2D eigenvalue weighted by molar-refractivity contribution is -0.131. The van der Waals surface area contributed by atoms with Gasteiger partial charge in [0.1, 0.15) is 11.2 Å². The van der Waals surface area contributed by atoms with Gasteiger partial charge in [-0.1, -0.05) is 6.58 Å². The van der Waals surface area contributed by atoms with Crippen LogP contribution in [0.1, 0.15) is 19.8 Å². The molecule has 0 aliphatic heterocycles. The van der Waals surface area contributed by atoms with Crippen molar-refractivity contribution in [1.82, 2.24) is 0 Å². The number of rotatable bonds is 6. The molecule has 1 aliphatic carbocycles. The highest BCUT2D eigenvalue weighted by Gasteiger charge is 2.56. The molecule has 2 aromatic rings. The van der Waals surface area contributed by atoms with Crippen LogP contribution in [0.15, 0.2) is 59.6 Å². The molecule has 1 aliphatic rings. The van der Waals surface area contributed by atoms with E-state index in [1.807, 2.05) is 0 Å². The van der Waals surface area contributed by atoms with Gasteiger partial charge in [-0.3, -0.25) is 14.6 Å². The topological polar surface area (TPSA) is 79.8 Å². The minimum absolute atomic E-state index is 0.0632. The number of aliphatic imine (C=N–C) groups is 1. The molecule has 0 bridgehead atoms. The minimum Gasteiger partial charge on any atom is -0.436 e. The van der Waals surface area contributed by atoms with Gasteiger partial charge in [-0.15, -0.1) is 0 Å². The Morgan fingerprint density at radius 1 is 1.03 bits per heavy atom. The molecule has 30 heavy (non-hydrogen) atoms. The summed E-state index contributed by atoms with van der Waals surface area (Å²) in [4.78, 5) is 29.1. The molecular weight excluding hydrogens is 392 g/mol. The third kappa shape index (κ3) is 4.53. The van der Waals surface area contributed by atoms with Gasteiger partial charge in [-0.05, 0) is 56.2 Å². The summed E-state index contributed by atoms with van der Waals surface area (Å²) >= 11 is 0. The Morgan fingerprint density at radius 3 is 2.10 bits per heavy atom. The first-order valence-corrected chi connectivity index (χ1v) is 9.24. The van der Waals surface area contributed by atoms with Crippen molar-refractivity contribution in [2.45, 2.75) is 19.8 Å². The Labute approximate surface area is 172 Å². The average molecular weight is 413 g/mol. The largest absolute Gasteiger partial charge is 0.436 e.